The van der Waals surface area contributed by atoms with E-state index in [2.05, 4.69) is 16.0 Å². The number of carbonyl (C=O) groups excluding carboxylic acids is 2. The van der Waals surface area contributed by atoms with Crippen LogP contribution < -0.4 is 16.0 Å². The molecule has 2 aromatic rings. The molecule has 1 aromatic carbocycles. The lowest BCUT2D eigenvalue weighted by Gasteiger charge is -2.11. The van der Waals surface area contributed by atoms with E-state index in [0.717, 1.165) is 31.4 Å². The summed E-state index contributed by atoms with van der Waals surface area (Å²) in [7, 11) is 0. The highest BCUT2D eigenvalue weighted by Gasteiger charge is 2.22. The number of anilines is 2. The van der Waals surface area contributed by atoms with Gasteiger partial charge in [0.1, 0.15) is 5.76 Å². The van der Waals surface area contributed by atoms with Crippen LogP contribution in [0, 0.1) is 5.92 Å². The minimum atomic E-state index is -0.311. The number of furan rings is 1. The quantitative estimate of drug-likeness (QED) is 0.782. The van der Waals surface area contributed by atoms with E-state index in [4.69, 9.17) is 4.42 Å². The van der Waals surface area contributed by atoms with Gasteiger partial charge in [0.05, 0.1) is 12.8 Å². The summed E-state index contributed by atoms with van der Waals surface area (Å²) in [4.78, 5) is 23.9. The monoisotopic (exact) mass is 327 g/mol. The van der Waals surface area contributed by atoms with Crippen LogP contribution in [0.1, 0.15) is 31.4 Å². The van der Waals surface area contributed by atoms with E-state index in [1.807, 2.05) is 0 Å². The van der Waals surface area contributed by atoms with Crippen LogP contribution in [0.3, 0.4) is 0 Å². The summed E-state index contributed by atoms with van der Waals surface area (Å²) in [6, 6.07) is 10.3. The lowest BCUT2D eigenvalue weighted by molar-refractivity contribution is -0.119. The summed E-state index contributed by atoms with van der Waals surface area (Å²) in [6.45, 7) is 0.328. The number of amides is 3. The van der Waals surface area contributed by atoms with Crippen molar-refractivity contribution in [2.75, 3.05) is 10.6 Å². The van der Waals surface area contributed by atoms with Gasteiger partial charge in [0, 0.05) is 17.3 Å². The Labute approximate surface area is 140 Å². The molecule has 1 fully saturated rings. The molecule has 0 saturated heterocycles. The third-order valence-electron chi connectivity index (χ3n) is 4.14. The van der Waals surface area contributed by atoms with Crippen molar-refractivity contribution in [1.29, 1.82) is 0 Å². The molecule has 6 heteroatoms. The molecule has 0 bridgehead atoms. The zero-order chi connectivity index (χ0) is 16.8. The first-order valence-electron chi connectivity index (χ1n) is 8.19. The summed E-state index contributed by atoms with van der Waals surface area (Å²) in [5, 5.41) is 8.37. The third-order valence-corrected chi connectivity index (χ3v) is 4.14. The van der Waals surface area contributed by atoms with Gasteiger partial charge in [-0.2, -0.15) is 0 Å². The van der Waals surface area contributed by atoms with Gasteiger partial charge < -0.3 is 20.4 Å². The normalized spacial score (nSPS) is 14.3. The second-order valence-electron chi connectivity index (χ2n) is 5.94. The molecule has 6 nitrogen and oxygen atoms in total. The van der Waals surface area contributed by atoms with E-state index >= 15 is 0 Å². The maximum atomic E-state index is 12.1. The molecule has 126 valence electrons. The molecule has 0 atom stereocenters. The Morgan fingerprint density at radius 3 is 2.29 bits per heavy atom. The van der Waals surface area contributed by atoms with Gasteiger partial charge in [-0.25, -0.2) is 4.79 Å². The molecule has 3 rings (SSSR count). The molecule has 3 amide bonds. The van der Waals surface area contributed by atoms with Crippen molar-refractivity contribution in [3.63, 3.8) is 0 Å². The van der Waals surface area contributed by atoms with Gasteiger partial charge in [0.15, 0.2) is 0 Å². The Hall–Kier alpha value is -2.76. The van der Waals surface area contributed by atoms with Crippen LogP contribution >= 0.6 is 0 Å². The van der Waals surface area contributed by atoms with Crippen LogP contribution in [-0.2, 0) is 11.3 Å². The van der Waals surface area contributed by atoms with E-state index in [1.54, 1.807) is 42.7 Å². The number of carbonyl (C=O) groups is 2. The molecular formula is C18H21N3O3. The van der Waals surface area contributed by atoms with E-state index in [0.29, 0.717) is 18.0 Å². The molecule has 0 aliphatic heterocycles. The fourth-order valence-electron chi connectivity index (χ4n) is 2.83. The SMILES string of the molecule is O=C(NCc1ccco1)Nc1ccc(NC(=O)C2CCCC2)cc1. The Kier molecular flexibility index (Phi) is 5.15. The molecule has 0 spiro atoms. The molecule has 1 heterocycles. The average molecular weight is 327 g/mol. The molecule has 1 saturated carbocycles. The number of rotatable bonds is 5. The number of hydrogen-bond donors (Lipinski definition) is 3. The Morgan fingerprint density at radius 1 is 1.00 bits per heavy atom. The van der Waals surface area contributed by atoms with Crippen LogP contribution in [0.5, 0.6) is 0 Å². The molecular weight excluding hydrogens is 306 g/mol. The number of nitrogens with one attached hydrogen (secondary N) is 3. The smallest absolute Gasteiger partial charge is 0.319 e. The first-order chi connectivity index (χ1) is 11.7. The predicted molar refractivity (Wildman–Crippen MR) is 91.6 cm³/mol. The van der Waals surface area contributed by atoms with E-state index in [9.17, 15) is 9.59 Å². The Morgan fingerprint density at radius 2 is 1.67 bits per heavy atom. The summed E-state index contributed by atoms with van der Waals surface area (Å²) in [5.74, 6) is 0.912. The van der Waals surface area contributed by atoms with Gasteiger partial charge >= 0.3 is 6.03 Å². The maximum absolute atomic E-state index is 12.1. The highest BCUT2D eigenvalue weighted by Crippen LogP contribution is 2.26. The molecule has 3 N–H and O–H groups in total. The van der Waals surface area contributed by atoms with Gasteiger partial charge in [0.25, 0.3) is 0 Å². The summed E-state index contributed by atoms with van der Waals surface area (Å²) in [5.41, 5.74) is 1.40. The Balaban J connectivity index is 1.46. The minimum Gasteiger partial charge on any atom is -0.467 e. The van der Waals surface area contributed by atoms with Crippen molar-refractivity contribution in [3.05, 3.63) is 48.4 Å². The molecule has 24 heavy (non-hydrogen) atoms. The second kappa shape index (κ2) is 7.68. The van der Waals surface area contributed by atoms with Gasteiger partial charge in [0.2, 0.25) is 5.91 Å². The Bertz CT molecular complexity index is 674. The third kappa shape index (κ3) is 4.38. The van der Waals surface area contributed by atoms with Crippen molar-refractivity contribution in [1.82, 2.24) is 5.32 Å². The molecule has 1 aliphatic rings. The van der Waals surface area contributed by atoms with Gasteiger partial charge in [-0.3, -0.25) is 4.79 Å². The largest absolute Gasteiger partial charge is 0.467 e. The number of urea groups is 1. The van der Waals surface area contributed by atoms with Crippen LogP contribution in [0.25, 0.3) is 0 Å². The zero-order valence-electron chi connectivity index (χ0n) is 13.4. The van der Waals surface area contributed by atoms with E-state index in [1.165, 1.54) is 0 Å². The maximum Gasteiger partial charge on any atom is 0.319 e. The van der Waals surface area contributed by atoms with Crippen LogP contribution in [-0.4, -0.2) is 11.9 Å². The molecule has 0 radical (unpaired) electrons. The minimum absolute atomic E-state index is 0.0874. The standard InChI is InChI=1S/C18H21N3O3/c22-17(13-4-1-2-5-13)20-14-7-9-15(10-8-14)21-18(23)19-12-16-6-3-11-24-16/h3,6-11,13H,1-2,4-5,12H2,(H,20,22)(H2,19,21,23). The van der Waals surface area contributed by atoms with Crippen molar-refractivity contribution in [2.45, 2.75) is 32.2 Å². The van der Waals surface area contributed by atoms with Gasteiger partial charge in [-0.15, -0.1) is 0 Å². The number of hydrogen-bond acceptors (Lipinski definition) is 3. The van der Waals surface area contributed by atoms with Crippen LogP contribution in [0.2, 0.25) is 0 Å². The van der Waals surface area contributed by atoms with Crippen LogP contribution in [0.15, 0.2) is 47.1 Å². The first-order valence-corrected chi connectivity index (χ1v) is 8.19. The topological polar surface area (TPSA) is 83.4 Å². The van der Waals surface area contributed by atoms with Crippen LogP contribution in [0.4, 0.5) is 16.2 Å². The molecule has 1 aromatic heterocycles. The molecule has 0 unspecified atom stereocenters. The van der Waals surface area contributed by atoms with Crippen molar-refractivity contribution in [2.24, 2.45) is 5.92 Å². The van der Waals surface area contributed by atoms with E-state index in [-0.39, 0.29) is 17.9 Å². The highest BCUT2D eigenvalue weighted by molar-refractivity contribution is 5.93. The van der Waals surface area contributed by atoms with E-state index < -0.39 is 0 Å². The average Bonchev–Trinajstić information content (AvgIpc) is 3.28. The summed E-state index contributed by atoms with van der Waals surface area (Å²) < 4.78 is 5.15. The summed E-state index contributed by atoms with van der Waals surface area (Å²) in [6.07, 6.45) is 5.78. The lowest BCUT2D eigenvalue weighted by Crippen LogP contribution is -2.28. The van der Waals surface area contributed by atoms with Crippen molar-refractivity contribution in [3.8, 4) is 0 Å². The fraction of sp³-hybridized carbons (Fsp3) is 0.333. The second-order valence-corrected chi connectivity index (χ2v) is 5.94. The predicted octanol–water partition coefficient (Wildman–Crippen LogP) is 3.73. The van der Waals surface area contributed by atoms with Gasteiger partial charge in [-0.1, -0.05) is 12.8 Å². The van der Waals surface area contributed by atoms with Crippen molar-refractivity contribution >= 4 is 23.3 Å². The van der Waals surface area contributed by atoms with Crippen molar-refractivity contribution < 1.29 is 14.0 Å². The summed E-state index contributed by atoms with van der Waals surface area (Å²) >= 11 is 0. The highest BCUT2D eigenvalue weighted by atomic mass is 16.3. The zero-order valence-corrected chi connectivity index (χ0v) is 13.4. The fourth-order valence-corrected chi connectivity index (χ4v) is 2.83. The molecule has 1 aliphatic carbocycles. The lowest BCUT2D eigenvalue weighted by atomic mass is 10.1. The first kappa shape index (κ1) is 16.1. The van der Waals surface area contributed by atoms with Gasteiger partial charge in [-0.05, 0) is 49.2 Å². The number of benzene rings is 1.